The molecule has 0 aliphatic carbocycles. The molecule has 428 valence electrons. The van der Waals surface area contributed by atoms with Crippen molar-refractivity contribution >= 4 is 110 Å². The van der Waals surface area contributed by atoms with Crippen LogP contribution in [0.15, 0.2) is 329 Å². The van der Waals surface area contributed by atoms with Crippen molar-refractivity contribution in [2.45, 2.75) is 0 Å². The van der Waals surface area contributed by atoms with E-state index in [1.807, 2.05) is 54.6 Å². The zero-order valence-corrected chi connectivity index (χ0v) is 50.6. The fourth-order valence-electron chi connectivity index (χ4n) is 11.8. The van der Waals surface area contributed by atoms with Gasteiger partial charge in [-0.1, -0.05) is 222 Å². The van der Waals surface area contributed by atoms with Gasteiger partial charge >= 0.3 is 0 Å². The molecule has 0 aliphatic heterocycles. The number of benzene rings is 14. The van der Waals surface area contributed by atoms with Gasteiger partial charge in [-0.05, 0) is 146 Å². The van der Waals surface area contributed by atoms with E-state index in [9.17, 15) is 0 Å². The lowest BCUT2D eigenvalue weighted by molar-refractivity contribution is 0.415. The first-order valence-electron chi connectivity index (χ1n) is 29.6. The van der Waals surface area contributed by atoms with Gasteiger partial charge in [0.25, 0.3) is 0 Å². The molecule has 0 amide bonds. The predicted octanol–water partition coefficient (Wildman–Crippen LogP) is 23.8. The topological polar surface area (TPSA) is 60.0 Å². The highest BCUT2D eigenvalue weighted by molar-refractivity contribution is 9.10. The standard InChI is InChI=1S/C41H29NO2.C22H13BrO.C19H17NO/c1-43-36-17-8-16-34(26-36)42(33-15-7-14-31(25-33)28-10-3-2-4-11-28)35-22-23-38-39-19-9-18-37(41(39)44-40(38)27-35)32-21-20-29-12-5-6-13-30(29)24-32;23-17-10-11-19-20-7-3-6-18(22(20)24-21(19)13-17)16-9-8-14-4-1-2-5-15(14)12-16;1-21-19-12-6-11-18(14-19)20-17-10-5-9-16(13-17)15-7-3-2-4-8-15/h2-27H,1H3;1-13H;2-14,20H,1H3. The van der Waals surface area contributed by atoms with Crippen molar-refractivity contribution in [3.8, 4) is 56.0 Å². The molecule has 0 bridgehead atoms. The second-order valence-corrected chi connectivity index (χ2v) is 22.7. The number of anilines is 5. The SMILES string of the molecule is Brc1ccc2c(c1)oc1c(-c3ccc4ccccc4c3)cccc12.COc1cccc(N(c2cccc(-c3ccccc3)c2)c2ccc3c(c2)oc2c(-c4ccc5ccccc5c4)cccc23)c1.COc1cccc(Nc2cccc(-c3ccccc3)c2)c1. The van der Waals surface area contributed by atoms with Crippen molar-refractivity contribution in [1.82, 2.24) is 0 Å². The summed E-state index contributed by atoms with van der Waals surface area (Å²) in [5, 5.41) is 12.9. The third kappa shape index (κ3) is 11.8. The summed E-state index contributed by atoms with van der Waals surface area (Å²) in [7, 11) is 3.38. The molecule has 0 unspecified atom stereocenters. The molecule has 0 saturated carbocycles. The van der Waals surface area contributed by atoms with Crippen LogP contribution in [0.3, 0.4) is 0 Å². The summed E-state index contributed by atoms with van der Waals surface area (Å²) in [5.74, 6) is 1.65. The van der Waals surface area contributed by atoms with Gasteiger partial charge in [0, 0.05) is 83.8 Å². The van der Waals surface area contributed by atoms with E-state index in [0.29, 0.717) is 0 Å². The molecule has 0 saturated heterocycles. The van der Waals surface area contributed by atoms with Gasteiger partial charge in [0.1, 0.15) is 33.8 Å². The van der Waals surface area contributed by atoms with E-state index in [1.165, 1.54) is 43.8 Å². The molecule has 16 aromatic rings. The lowest BCUT2D eigenvalue weighted by Gasteiger charge is -2.26. The molecule has 2 aromatic heterocycles. The molecular weight excluding hydrogens is 1160 g/mol. The zero-order chi connectivity index (χ0) is 60.0. The van der Waals surface area contributed by atoms with Gasteiger partial charge in [-0.15, -0.1) is 0 Å². The van der Waals surface area contributed by atoms with E-state index in [-0.39, 0.29) is 0 Å². The summed E-state index contributed by atoms with van der Waals surface area (Å²) in [4.78, 5) is 2.26. The van der Waals surface area contributed by atoms with Crippen LogP contribution < -0.4 is 19.7 Å². The first-order chi connectivity index (χ1) is 43.9. The van der Waals surface area contributed by atoms with Gasteiger partial charge < -0.3 is 28.5 Å². The van der Waals surface area contributed by atoms with Crippen LogP contribution in [-0.2, 0) is 0 Å². The van der Waals surface area contributed by atoms with Gasteiger partial charge in [-0.2, -0.15) is 0 Å². The Balaban J connectivity index is 0.000000129. The van der Waals surface area contributed by atoms with Crippen LogP contribution in [0.5, 0.6) is 11.5 Å². The summed E-state index contributed by atoms with van der Waals surface area (Å²) in [6.45, 7) is 0. The van der Waals surface area contributed by atoms with E-state index < -0.39 is 0 Å². The Morgan fingerprint density at radius 2 is 0.753 bits per heavy atom. The van der Waals surface area contributed by atoms with E-state index in [1.54, 1.807) is 14.2 Å². The summed E-state index contributed by atoms with van der Waals surface area (Å²) < 4.78 is 24.8. The molecule has 0 fully saturated rings. The van der Waals surface area contributed by atoms with Crippen molar-refractivity contribution in [1.29, 1.82) is 0 Å². The first kappa shape index (κ1) is 55.7. The second-order valence-electron chi connectivity index (χ2n) is 21.8. The van der Waals surface area contributed by atoms with Gasteiger partial charge in [-0.25, -0.2) is 0 Å². The average molecular weight is 1220 g/mol. The number of hydrogen-bond acceptors (Lipinski definition) is 6. The number of furan rings is 2. The van der Waals surface area contributed by atoms with Crippen LogP contribution in [0.1, 0.15) is 0 Å². The maximum Gasteiger partial charge on any atom is 0.143 e. The van der Waals surface area contributed by atoms with E-state index in [0.717, 1.165) is 111 Å². The van der Waals surface area contributed by atoms with Gasteiger partial charge in [0.15, 0.2) is 0 Å². The zero-order valence-electron chi connectivity index (χ0n) is 49.0. The lowest BCUT2D eigenvalue weighted by atomic mass is 9.99. The van der Waals surface area contributed by atoms with Crippen molar-refractivity contribution in [2.75, 3.05) is 24.4 Å². The minimum atomic E-state index is 0.802. The number of rotatable bonds is 11. The average Bonchev–Trinajstić information content (AvgIpc) is 4.32. The molecule has 0 atom stereocenters. The highest BCUT2D eigenvalue weighted by atomic mass is 79.9. The number of para-hydroxylation sites is 2. The summed E-state index contributed by atoms with van der Waals surface area (Å²) in [5.41, 5.74) is 18.0. The third-order valence-electron chi connectivity index (χ3n) is 16.2. The molecule has 0 aliphatic rings. The van der Waals surface area contributed by atoms with Crippen LogP contribution in [0.25, 0.3) is 110 Å². The third-order valence-corrected chi connectivity index (χ3v) is 16.7. The van der Waals surface area contributed by atoms with Crippen molar-refractivity contribution in [2.24, 2.45) is 0 Å². The number of nitrogens with one attached hydrogen (secondary N) is 1. The maximum absolute atomic E-state index is 6.70. The number of fused-ring (bicyclic) bond motifs is 8. The number of halogens is 1. The number of ether oxygens (including phenoxy) is 2. The lowest BCUT2D eigenvalue weighted by Crippen LogP contribution is -2.10. The van der Waals surface area contributed by atoms with Crippen molar-refractivity contribution in [3.63, 3.8) is 0 Å². The van der Waals surface area contributed by atoms with Gasteiger partial charge in [0.05, 0.1) is 14.2 Å². The quantitative estimate of drug-likeness (QED) is 0.139. The Morgan fingerprint density at radius 3 is 1.35 bits per heavy atom. The Bertz CT molecular complexity index is 5190. The fraction of sp³-hybridized carbons (Fsp3) is 0.0244. The second kappa shape index (κ2) is 25.1. The molecule has 2 heterocycles. The molecule has 16 rings (SSSR count). The Hall–Kier alpha value is -11.1. The van der Waals surface area contributed by atoms with Crippen LogP contribution in [0.4, 0.5) is 28.4 Å². The van der Waals surface area contributed by atoms with Crippen LogP contribution in [-0.4, -0.2) is 14.2 Å². The minimum absolute atomic E-state index is 0.802. The molecule has 6 nitrogen and oxygen atoms in total. The smallest absolute Gasteiger partial charge is 0.143 e. The number of hydrogen-bond donors (Lipinski definition) is 1. The number of methoxy groups -OCH3 is 2. The Labute approximate surface area is 525 Å². The normalized spacial score (nSPS) is 11.1. The fourth-order valence-corrected chi connectivity index (χ4v) is 12.1. The molecule has 89 heavy (non-hydrogen) atoms. The minimum Gasteiger partial charge on any atom is -0.497 e. The number of nitrogens with zero attached hydrogens (tertiary/aromatic N) is 1. The monoisotopic (exact) mass is 1210 g/mol. The van der Waals surface area contributed by atoms with E-state index in [4.69, 9.17) is 18.3 Å². The van der Waals surface area contributed by atoms with Crippen LogP contribution >= 0.6 is 15.9 Å². The molecule has 0 radical (unpaired) electrons. The van der Waals surface area contributed by atoms with Gasteiger partial charge in [-0.3, -0.25) is 0 Å². The van der Waals surface area contributed by atoms with Crippen LogP contribution in [0.2, 0.25) is 0 Å². The highest BCUT2D eigenvalue weighted by Crippen LogP contribution is 2.43. The highest BCUT2D eigenvalue weighted by Gasteiger charge is 2.19. The molecule has 0 spiro atoms. The van der Waals surface area contributed by atoms with Crippen molar-refractivity contribution in [3.05, 3.63) is 320 Å². The predicted molar refractivity (Wildman–Crippen MR) is 376 cm³/mol. The van der Waals surface area contributed by atoms with E-state index >= 15 is 0 Å². The summed E-state index contributed by atoms with van der Waals surface area (Å²) >= 11 is 3.52. The first-order valence-corrected chi connectivity index (χ1v) is 30.4. The molecule has 14 aromatic carbocycles. The Morgan fingerprint density at radius 1 is 0.303 bits per heavy atom. The summed E-state index contributed by atoms with van der Waals surface area (Å²) in [6.07, 6.45) is 0. The maximum atomic E-state index is 6.70. The van der Waals surface area contributed by atoms with Gasteiger partial charge in [0.2, 0.25) is 0 Å². The van der Waals surface area contributed by atoms with Crippen molar-refractivity contribution < 1.29 is 18.3 Å². The summed E-state index contributed by atoms with van der Waals surface area (Å²) in [6, 6.07) is 109. The molecule has 7 heteroatoms. The largest absolute Gasteiger partial charge is 0.497 e. The van der Waals surface area contributed by atoms with Crippen LogP contribution in [0, 0.1) is 0 Å². The Kier molecular flexibility index (Phi) is 15.7. The molecular formula is C82H59BrN2O4. The molecule has 1 N–H and O–H groups in total. The van der Waals surface area contributed by atoms with E-state index in [2.05, 4.69) is 287 Å².